The number of hydrogen-bond donors (Lipinski definition) is 2. The monoisotopic (exact) mass is 236 g/mol. The summed E-state index contributed by atoms with van der Waals surface area (Å²) >= 11 is 0. The van der Waals surface area contributed by atoms with Crippen LogP contribution < -0.4 is 11.1 Å². The van der Waals surface area contributed by atoms with Crippen LogP contribution in [0.3, 0.4) is 0 Å². The van der Waals surface area contributed by atoms with E-state index in [1.54, 1.807) is 0 Å². The maximum Gasteiger partial charge on any atom is 0.223 e. The second-order valence-electron chi connectivity index (χ2n) is 4.78. The highest BCUT2D eigenvalue weighted by molar-refractivity contribution is 5.30. The Kier molecular flexibility index (Phi) is 5.35. The van der Waals surface area contributed by atoms with E-state index < -0.39 is 0 Å². The molecular formula is C13H24N4. The fourth-order valence-electron chi connectivity index (χ4n) is 1.73. The van der Waals surface area contributed by atoms with Gasteiger partial charge in [-0.15, -0.1) is 0 Å². The lowest BCUT2D eigenvalue weighted by atomic mass is 10.1. The van der Waals surface area contributed by atoms with Crippen LogP contribution >= 0.6 is 0 Å². The predicted octanol–water partition coefficient (Wildman–Crippen LogP) is 2.45. The molecule has 0 aliphatic heterocycles. The number of aromatic nitrogens is 2. The number of anilines is 1. The number of nitrogens with zero attached hydrogens (tertiary/aromatic N) is 2. The molecule has 4 heteroatoms. The van der Waals surface area contributed by atoms with E-state index in [2.05, 4.69) is 36.1 Å². The van der Waals surface area contributed by atoms with E-state index in [1.165, 1.54) is 0 Å². The molecule has 17 heavy (non-hydrogen) atoms. The number of nitrogens with one attached hydrogen (secondary N) is 1. The van der Waals surface area contributed by atoms with Gasteiger partial charge in [0.15, 0.2) is 0 Å². The Hall–Kier alpha value is -1.16. The maximum atomic E-state index is 5.72. The molecule has 1 aromatic rings. The predicted molar refractivity (Wildman–Crippen MR) is 72.2 cm³/mol. The first-order valence-corrected chi connectivity index (χ1v) is 6.39. The van der Waals surface area contributed by atoms with Crippen LogP contribution in [0.2, 0.25) is 0 Å². The van der Waals surface area contributed by atoms with Gasteiger partial charge in [0.1, 0.15) is 0 Å². The van der Waals surface area contributed by atoms with Crippen molar-refractivity contribution in [2.75, 3.05) is 11.9 Å². The van der Waals surface area contributed by atoms with Gasteiger partial charge < -0.3 is 11.1 Å². The zero-order valence-electron chi connectivity index (χ0n) is 11.3. The van der Waals surface area contributed by atoms with Crippen LogP contribution in [0, 0.1) is 6.92 Å². The van der Waals surface area contributed by atoms with E-state index in [4.69, 9.17) is 5.73 Å². The van der Waals surface area contributed by atoms with Crippen LogP contribution in [-0.2, 0) is 0 Å². The molecule has 96 valence electrons. The molecule has 0 aromatic carbocycles. The van der Waals surface area contributed by atoms with E-state index in [0.717, 1.165) is 24.2 Å². The van der Waals surface area contributed by atoms with Gasteiger partial charge in [0, 0.05) is 24.0 Å². The van der Waals surface area contributed by atoms with E-state index in [9.17, 15) is 0 Å². The normalized spacial score (nSPS) is 12.8. The Morgan fingerprint density at radius 3 is 2.59 bits per heavy atom. The van der Waals surface area contributed by atoms with Crippen LogP contribution in [0.5, 0.6) is 0 Å². The summed E-state index contributed by atoms with van der Waals surface area (Å²) in [5.41, 5.74) is 7.80. The van der Waals surface area contributed by atoms with Crippen LogP contribution in [0.25, 0.3) is 0 Å². The first-order valence-electron chi connectivity index (χ1n) is 6.39. The molecule has 0 aliphatic rings. The molecule has 0 aliphatic carbocycles. The third kappa shape index (κ3) is 4.30. The Balaban J connectivity index is 2.82. The molecule has 3 N–H and O–H groups in total. The van der Waals surface area contributed by atoms with Crippen molar-refractivity contribution in [1.29, 1.82) is 0 Å². The van der Waals surface area contributed by atoms with Gasteiger partial charge in [0.2, 0.25) is 5.95 Å². The number of aryl methyl sites for hydroxylation is 1. The summed E-state index contributed by atoms with van der Waals surface area (Å²) in [7, 11) is 0. The first kappa shape index (κ1) is 13.9. The molecule has 0 radical (unpaired) electrons. The molecule has 4 nitrogen and oxygen atoms in total. The number of rotatable bonds is 6. The van der Waals surface area contributed by atoms with Gasteiger partial charge in [-0.3, -0.25) is 0 Å². The molecule has 0 bridgehead atoms. The largest absolute Gasteiger partial charge is 0.350 e. The maximum absolute atomic E-state index is 5.72. The van der Waals surface area contributed by atoms with Crippen LogP contribution in [-0.4, -0.2) is 22.6 Å². The fourth-order valence-corrected chi connectivity index (χ4v) is 1.73. The number of hydrogen-bond acceptors (Lipinski definition) is 4. The van der Waals surface area contributed by atoms with Gasteiger partial charge >= 0.3 is 0 Å². The van der Waals surface area contributed by atoms with Crippen molar-refractivity contribution in [2.45, 2.75) is 52.5 Å². The summed E-state index contributed by atoms with van der Waals surface area (Å²) < 4.78 is 0. The lowest BCUT2D eigenvalue weighted by molar-refractivity contribution is 0.640. The molecule has 1 unspecified atom stereocenters. The molecule has 1 atom stereocenters. The van der Waals surface area contributed by atoms with Crippen molar-refractivity contribution < 1.29 is 0 Å². The molecule has 1 aromatic heterocycles. The van der Waals surface area contributed by atoms with Gasteiger partial charge in [-0.05, 0) is 25.3 Å². The third-order valence-corrected chi connectivity index (χ3v) is 2.72. The average Bonchev–Trinajstić information content (AvgIpc) is 2.27. The summed E-state index contributed by atoms with van der Waals surface area (Å²) in [6.07, 6.45) is 2.16. The Labute approximate surface area is 104 Å². The lowest BCUT2D eigenvalue weighted by Crippen LogP contribution is -2.29. The molecule has 1 heterocycles. The van der Waals surface area contributed by atoms with E-state index >= 15 is 0 Å². The summed E-state index contributed by atoms with van der Waals surface area (Å²) in [6, 6.07) is 2.30. The number of nitrogens with two attached hydrogens (primary N) is 1. The van der Waals surface area contributed by atoms with Gasteiger partial charge in [0.25, 0.3) is 0 Å². The molecular weight excluding hydrogens is 212 g/mol. The molecule has 0 amide bonds. The van der Waals surface area contributed by atoms with Gasteiger partial charge in [0.05, 0.1) is 0 Å². The zero-order valence-corrected chi connectivity index (χ0v) is 11.3. The van der Waals surface area contributed by atoms with Crippen molar-refractivity contribution in [3.05, 3.63) is 17.5 Å². The Morgan fingerprint density at radius 1 is 1.35 bits per heavy atom. The van der Waals surface area contributed by atoms with Crippen LogP contribution in [0.4, 0.5) is 5.95 Å². The quantitative estimate of drug-likeness (QED) is 0.796. The van der Waals surface area contributed by atoms with Crippen molar-refractivity contribution >= 4 is 5.95 Å². The highest BCUT2D eigenvalue weighted by Crippen LogP contribution is 2.15. The Morgan fingerprint density at radius 2 is 2.06 bits per heavy atom. The highest BCUT2D eigenvalue weighted by atomic mass is 15.1. The standard InChI is InChI=1S/C13H24N4/c1-5-6-11(8-14)16-13-15-10(4)7-12(17-13)9(2)3/h7,9,11H,5-6,8,14H2,1-4H3,(H,15,16,17). The van der Waals surface area contributed by atoms with Gasteiger partial charge in [-0.25, -0.2) is 9.97 Å². The van der Waals surface area contributed by atoms with Gasteiger partial charge in [-0.2, -0.15) is 0 Å². The molecule has 1 rings (SSSR count). The van der Waals surface area contributed by atoms with Gasteiger partial charge in [-0.1, -0.05) is 27.2 Å². The second kappa shape index (κ2) is 6.55. The summed E-state index contributed by atoms with van der Waals surface area (Å²) in [6.45, 7) is 9.04. The molecule has 0 saturated carbocycles. The third-order valence-electron chi connectivity index (χ3n) is 2.72. The van der Waals surface area contributed by atoms with E-state index in [0.29, 0.717) is 18.4 Å². The van der Waals surface area contributed by atoms with Crippen molar-refractivity contribution in [3.8, 4) is 0 Å². The van der Waals surface area contributed by atoms with E-state index in [1.807, 2.05) is 13.0 Å². The average molecular weight is 236 g/mol. The first-order chi connectivity index (χ1) is 8.06. The summed E-state index contributed by atoms with van der Waals surface area (Å²) in [5, 5.41) is 3.32. The fraction of sp³-hybridized carbons (Fsp3) is 0.692. The topological polar surface area (TPSA) is 63.8 Å². The van der Waals surface area contributed by atoms with Crippen molar-refractivity contribution in [2.24, 2.45) is 5.73 Å². The minimum absolute atomic E-state index is 0.266. The lowest BCUT2D eigenvalue weighted by Gasteiger charge is -2.17. The van der Waals surface area contributed by atoms with Crippen molar-refractivity contribution in [3.63, 3.8) is 0 Å². The SMILES string of the molecule is CCCC(CN)Nc1nc(C)cc(C(C)C)n1. The molecule has 0 spiro atoms. The highest BCUT2D eigenvalue weighted by Gasteiger charge is 2.09. The smallest absolute Gasteiger partial charge is 0.223 e. The minimum Gasteiger partial charge on any atom is -0.350 e. The molecule has 0 saturated heterocycles. The van der Waals surface area contributed by atoms with E-state index in [-0.39, 0.29) is 6.04 Å². The van der Waals surface area contributed by atoms with Crippen LogP contribution in [0.15, 0.2) is 6.07 Å². The second-order valence-corrected chi connectivity index (χ2v) is 4.78. The minimum atomic E-state index is 0.266. The van der Waals surface area contributed by atoms with Crippen LogP contribution in [0.1, 0.15) is 50.9 Å². The zero-order chi connectivity index (χ0) is 12.8. The van der Waals surface area contributed by atoms with Crippen molar-refractivity contribution in [1.82, 2.24) is 9.97 Å². The molecule has 0 fully saturated rings. The summed E-state index contributed by atoms with van der Waals surface area (Å²) in [5.74, 6) is 1.12. The Bertz CT molecular complexity index is 349. The summed E-state index contributed by atoms with van der Waals surface area (Å²) in [4.78, 5) is 8.93.